The smallest absolute Gasteiger partial charge is 0.339 e. The molecule has 1 aromatic carbocycles. The van der Waals surface area contributed by atoms with Crippen molar-refractivity contribution in [2.45, 2.75) is 18.3 Å². The number of hydrogen-bond acceptors (Lipinski definition) is 1. The first-order valence-corrected chi connectivity index (χ1v) is 7.25. The maximum atomic E-state index is 12.0. The molecule has 0 saturated carbocycles. The Morgan fingerprint density at radius 1 is 1.41 bits per heavy atom. The van der Waals surface area contributed by atoms with E-state index in [0.717, 1.165) is 31.6 Å². The lowest BCUT2D eigenvalue weighted by Crippen LogP contribution is -2.26. The molecule has 1 amide bonds. The van der Waals surface area contributed by atoms with Crippen LogP contribution in [0.5, 0.6) is 0 Å². The molecule has 0 aliphatic carbocycles. The highest BCUT2D eigenvalue weighted by atomic mass is 31.0. The van der Waals surface area contributed by atoms with Crippen LogP contribution in [0, 0.1) is 12.3 Å². The number of amides is 1. The summed E-state index contributed by atoms with van der Waals surface area (Å²) in [4.78, 5) is 12.8. The molecule has 1 aliphatic rings. The van der Waals surface area contributed by atoms with E-state index >= 15 is 0 Å². The summed E-state index contributed by atoms with van der Waals surface area (Å²) in [5, 5.41) is 0. The minimum atomic E-state index is -4.28. The second-order valence-corrected chi connectivity index (χ2v) is 5.70. The van der Waals surface area contributed by atoms with Crippen molar-refractivity contribution in [1.29, 1.82) is 0 Å². The Labute approximate surface area is 130 Å². The van der Waals surface area contributed by atoms with E-state index in [1.54, 1.807) is 0 Å². The molecule has 1 saturated heterocycles. The van der Waals surface area contributed by atoms with Crippen LogP contribution in [-0.4, -0.2) is 29.6 Å². The molecule has 0 radical (unpaired) electrons. The van der Waals surface area contributed by atoms with Crippen molar-refractivity contribution >= 4 is 15.1 Å². The van der Waals surface area contributed by atoms with Crippen molar-refractivity contribution < 1.29 is 18.0 Å². The number of carbonyl (C=O) groups excluding carboxylic acids is 1. The van der Waals surface area contributed by atoms with Crippen molar-refractivity contribution in [3.8, 4) is 12.3 Å². The summed E-state index contributed by atoms with van der Waals surface area (Å²) in [7, 11) is 2.73. The lowest BCUT2D eigenvalue weighted by molar-refractivity contribution is -0.137. The number of nitrogens with zero attached hydrogens (tertiary/aromatic N) is 1. The number of alkyl halides is 3. The number of hydrogen-bond donors (Lipinski definition) is 0. The van der Waals surface area contributed by atoms with Crippen LogP contribution in [-0.2, 0) is 11.0 Å². The number of likely N-dealkylation sites (tertiary alicyclic amines) is 1. The summed E-state index contributed by atoms with van der Waals surface area (Å²) in [6.45, 7) is 5.19. The van der Waals surface area contributed by atoms with E-state index in [4.69, 9.17) is 6.42 Å². The van der Waals surface area contributed by atoms with Crippen LogP contribution in [0.2, 0.25) is 0 Å². The summed E-state index contributed by atoms with van der Waals surface area (Å²) in [5.41, 5.74) is 0.355. The zero-order chi connectivity index (χ0) is 16.8. The zero-order valence-corrected chi connectivity index (χ0v) is 13.1. The predicted molar refractivity (Wildman–Crippen MR) is 84.3 cm³/mol. The normalized spacial score (nSPS) is 17.2. The van der Waals surface area contributed by atoms with Gasteiger partial charge in [0.15, 0.2) is 0 Å². The summed E-state index contributed by atoms with van der Waals surface area (Å²) in [6, 6.07) is 4.47. The number of terminal acetylenes is 1. The van der Waals surface area contributed by atoms with E-state index in [1.165, 1.54) is 18.2 Å². The SMILES string of the molecule is C#Cc1ccc(C(F)(F)F)cc1.C=CC(=O)N1CCC(P)C1. The number of rotatable bonds is 1. The topological polar surface area (TPSA) is 20.3 Å². The molecule has 2 unspecified atom stereocenters. The van der Waals surface area contributed by atoms with Gasteiger partial charge in [-0.25, -0.2) is 0 Å². The van der Waals surface area contributed by atoms with Crippen LogP contribution in [0.1, 0.15) is 17.5 Å². The average Bonchev–Trinajstić information content (AvgIpc) is 2.93. The van der Waals surface area contributed by atoms with Gasteiger partial charge in [0.25, 0.3) is 0 Å². The van der Waals surface area contributed by atoms with Gasteiger partial charge in [0.2, 0.25) is 5.91 Å². The summed E-state index contributed by atoms with van der Waals surface area (Å²) in [6.07, 6.45) is 3.17. The van der Waals surface area contributed by atoms with E-state index in [1.807, 2.05) is 4.90 Å². The largest absolute Gasteiger partial charge is 0.416 e. The average molecular weight is 327 g/mol. The van der Waals surface area contributed by atoms with Gasteiger partial charge >= 0.3 is 6.18 Å². The highest BCUT2D eigenvalue weighted by Crippen LogP contribution is 2.28. The third kappa shape index (κ3) is 5.54. The molecule has 0 spiro atoms. The van der Waals surface area contributed by atoms with E-state index in [9.17, 15) is 18.0 Å². The predicted octanol–water partition coefficient (Wildman–Crippen LogP) is 3.34. The molecule has 0 bridgehead atoms. The molecular weight excluding hydrogens is 310 g/mol. The minimum Gasteiger partial charge on any atom is -0.339 e. The van der Waals surface area contributed by atoms with Crippen molar-refractivity contribution in [3.63, 3.8) is 0 Å². The third-order valence-corrected chi connectivity index (χ3v) is 3.63. The van der Waals surface area contributed by atoms with Gasteiger partial charge in [-0.15, -0.1) is 15.7 Å². The highest BCUT2D eigenvalue weighted by Gasteiger charge is 2.29. The summed E-state index contributed by atoms with van der Waals surface area (Å²) >= 11 is 0. The van der Waals surface area contributed by atoms with Gasteiger partial charge in [-0.3, -0.25) is 4.79 Å². The summed E-state index contributed by atoms with van der Waals surface area (Å²) in [5.74, 6) is 2.30. The Bertz CT molecular complexity index is 560. The van der Waals surface area contributed by atoms with Crippen LogP contribution >= 0.6 is 9.24 Å². The van der Waals surface area contributed by atoms with Crippen LogP contribution in [0.25, 0.3) is 0 Å². The van der Waals surface area contributed by atoms with Crippen LogP contribution in [0.4, 0.5) is 13.2 Å². The molecule has 118 valence electrons. The quantitative estimate of drug-likeness (QED) is 0.440. The second-order valence-electron chi connectivity index (χ2n) is 4.76. The fourth-order valence-electron chi connectivity index (χ4n) is 1.87. The Balaban J connectivity index is 0.000000224. The summed E-state index contributed by atoms with van der Waals surface area (Å²) < 4.78 is 35.9. The minimum absolute atomic E-state index is 0.0601. The highest BCUT2D eigenvalue weighted by molar-refractivity contribution is 7.17. The Morgan fingerprint density at radius 3 is 2.36 bits per heavy atom. The Hall–Kier alpha value is -1.79. The molecule has 6 heteroatoms. The maximum Gasteiger partial charge on any atom is 0.416 e. The lowest BCUT2D eigenvalue weighted by atomic mass is 10.1. The molecule has 0 N–H and O–H groups in total. The standard InChI is InChI=1S/C9H5F3.C7H12NOP/c1-2-7-3-5-8(6-4-7)9(10,11)12;1-2-7(9)8-4-3-6(10)5-8/h1,3-6H;2,6H,1,3-5,10H2. The first-order chi connectivity index (χ1) is 10.3. The van der Waals surface area contributed by atoms with Gasteiger partial charge in [0.1, 0.15) is 0 Å². The Kier molecular flexibility index (Phi) is 6.64. The van der Waals surface area contributed by atoms with E-state index in [0.29, 0.717) is 11.2 Å². The Morgan fingerprint density at radius 2 is 2.00 bits per heavy atom. The van der Waals surface area contributed by atoms with Crippen LogP contribution in [0.3, 0.4) is 0 Å². The molecule has 22 heavy (non-hydrogen) atoms. The fraction of sp³-hybridized carbons (Fsp3) is 0.312. The molecule has 2 atom stereocenters. The second kappa shape index (κ2) is 8.00. The molecule has 1 heterocycles. The third-order valence-electron chi connectivity index (χ3n) is 3.09. The number of carbonyl (C=O) groups is 1. The molecule has 1 aliphatic heterocycles. The van der Waals surface area contributed by atoms with Crippen LogP contribution in [0.15, 0.2) is 36.9 Å². The van der Waals surface area contributed by atoms with Crippen molar-refractivity contribution in [1.82, 2.24) is 4.90 Å². The van der Waals surface area contributed by atoms with Crippen molar-refractivity contribution in [2.24, 2.45) is 0 Å². The van der Waals surface area contributed by atoms with Gasteiger partial charge in [0.05, 0.1) is 5.56 Å². The molecule has 1 fully saturated rings. The first kappa shape index (κ1) is 18.3. The molecule has 2 nitrogen and oxygen atoms in total. The number of halogens is 3. The van der Waals surface area contributed by atoms with Crippen molar-refractivity contribution in [2.75, 3.05) is 13.1 Å². The number of benzene rings is 1. The van der Waals surface area contributed by atoms with Crippen LogP contribution < -0.4 is 0 Å². The first-order valence-electron chi connectivity index (χ1n) is 6.58. The molecule has 0 aromatic heterocycles. The monoisotopic (exact) mass is 327 g/mol. The van der Waals surface area contributed by atoms with Gasteiger partial charge < -0.3 is 4.90 Å². The fourth-order valence-corrected chi connectivity index (χ4v) is 2.28. The van der Waals surface area contributed by atoms with E-state index < -0.39 is 11.7 Å². The molecule has 1 aromatic rings. The van der Waals surface area contributed by atoms with Gasteiger partial charge in [-0.2, -0.15) is 13.2 Å². The van der Waals surface area contributed by atoms with Crippen molar-refractivity contribution in [3.05, 3.63) is 48.0 Å². The van der Waals surface area contributed by atoms with Gasteiger partial charge in [0, 0.05) is 18.7 Å². The zero-order valence-electron chi connectivity index (χ0n) is 11.9. The molecule has 2 rings (SSSR count). The lowest BCUT2D eigenvalue weighted by Gasteiger charge is -2.11. The molecular formula is C16H17F3NOP. The van der Waals surface area contributed by atoms with Gasteiger partial charge in [-0.05, 0) is 42.4 Å². The maximum absolute atomic E-state index is 12.0. The van der Waals surface area contributed by atoms with Gasteiger partial charge in [-0.1, -0.05) is 12.5 Å². The van der Waals surface area contributed by atoms with E-state index in [-0.39, 0.29) is 5.91 Å². The van der Waals surface area contributed by atoms with E-state index in [2.05, 4.69) is 21.7 Å².